The zero-order chi connectivity index (χ0) is 14.3. The fourth-order valence-electron chi connectivity index (χ4n) is 2.18. The molecule has 20 heavy (non-hydrogen) atoms. The maximum absolute atomic E-state index is 11.2. The number of primary amides is 1. The van der Waals surface area contributed by atoms with Crippen molar-refractivity contribution in [2.24, 2.45) is 5.73 Å². The van der Waals surface area contributed by atoms with Crippen LogP contribution in [-0.4, -0.2) is 11.0 Å². The summed E-state index contributed by atoms with van der Waals surface area (Å²) in [5, 5.41) is 10.5. The van der Waals surface area contributed by atoms with Crippen molar-refractivity contribution in [3.63, 3.8) is 0 Å². The number of rotatable bonds is 2. The molecule has 0 radical (unpaired) electrons. The van der Waals surface area contributed by atoms with Crippen LogP contribution in [0.25, 0.3) is 22.1 Å². The van der Waals surface area contributed by atoms with Crippen molar-refractivity contribution in [1.82, 2.24) is 0 Å². The second kappa shape index (κ2) is 4.31. The number of nitrogens with two attached hydrogens (primary N) is 2. The van der Waals surface area contributed by atoms with Crippen LogP contribution in [0.1, 0.15) is 10.6 Å². The molecule has 1 amide bonds. The van der Waals surface area contributed by atoms with Gasteiger partial charge >= 0.3 is 0 Å². The number of fused-ring (bicyclic) bond motifs is 1. The molecule has 5 nitrogen and oxygen atoms in total. The van der Waals surface area contributed by atoms with E-state index in [1.807, 2.05) is 6.07 Å². The number of para-hydroxylation sites is 1. The van der Waals surface area contributed by atoms with Crippen molar-refractivity contribution >= 4 is 22.6 Å². The zero-order valence-electron chi connectivity index (χ0n) is 10.5. The van der Waals surface area contributed by atoms with E-state index < -0.39 is 5.91 Å². The van der Waals surface area contributed by atoms with Crippen molar-refractivity contribution in [1.29, 1.82) is 0 Å². The lowest BCUT2D eigenvalue weighted by Gasteiger charge is -2.03. The second-order valence-electron chi connectivity index (χ2n) is 4.44. The lowest BCUT2D eigenvalue weighted by atomic mass is 10.0. The van der Waals surface area contributed by atoms with Gasteiger partial charge in [0.1, 0.15) is 11.3 Å². The minimum atomic E-state index is -0.706. The molecular formula is C15H12N2O3. The van der Waals surface area contributed by atoms with E-state index >= 15 is 0 Å². The Morgan fingerprint density at radius 3 is 2.60 bits per heavy atom. The van der Waals surface area contributed by atoms with Gasteiger partial charge in [0.05, 0.1) is 5.69 Å². The van der Waals surface area contributed by atoms with E-state index in [4.69, 9.17) is 15.9 Å². The Morgan fingerprint density at radius 2 is 1.90 bits per heavy atom. The number of carbonyl (C=O) groups excluding carboxylic acids is 1. The molecule has 0 unspecified atom stereocenters. The number of phenols is 1. The van der Waals surface area contributed by atoms with Crippen molar-refractivity contribution in [2.75, 3.05) is 5.73 Å². The molecule has 3 aromatic rings. The largest absolute Gasteiger partial charge is 0.507 e. The summed E-state index contributed by atoms with van der Waals surface area (Å²) in [6.07, 6.45) is 0. The third-order valence-corrected chi connectivity index (χ3v) is 3.17. The molecule has 0 atom stereocenters. The van der Waals surface area contributed by atoms with Crippen molar-refractivity contribution in [2.45, 2.75) is 0 Å². The molecule has 2 aromatic carbocycles. The monoisotopic (exact) mass is 268 g/mol. The molecule has 0 aliphatic heterocycles. The van der Waals surface area contributed by atoms with Gasteiger partial charge in [-0.3, -0.25) is 4.79 Å². The number of nitrogen functional groups attached to an aromatic ring is 1. The van der Waals surface area contributed by atoms with Gasteiger partial charge in [-0.15, -0.1) is 0 Å². The maximum atomic E-state index is 11.2. The molecule has 0 spiro atoms. The summed E-state index contributed by atoms with van der Waals surface area (Å²) >= 11 is 0. The number of hydrogen-bond donors (Lipinski definition) is 3. The van der Waals surface area contributed by atoms with E-state index in [0.717, 1.165) is 5.56 Å². The third kappa shape index (κ3) is 1.76. The first kappa shape index (κ1) is 12.1. The van der Waals surface area contributed by atoms with Gasteiger partial charge in [0.2, 0.25) is 5.76 Å². The van der Waals surface area contributed by atoms with Gasteiger partial charge in [-0.25, -0.2) is 0 Å². The Morgan fingerprint density at radius 1 is 1.15 bits per heavy atom. The molecule has 0 saturated heterocycles. The number of anilines is 1. The van der Waals surface area contributed by atoms with E-state index in [1.54, 1.807) is 36.4 Å². The summed E-state index contributed by atoms with van der Waals surface area (Å²) in [4.78, 5) is 11.2. The molecule has 3 rings (SSSR count). The summed E-state index contributed by atoms with van der Waals surface area (Å²) in [6.45, 7) is 0. The predicted octanol–water partition coefficient (Wildman–Crippen LogP) is 2.49. The Labute approximate surface area is 114 Å². The highest BCUT2D eigenvalue weighted by molar-refractivity contribution is 6.05. The third-order valence-electron chi connectivity index (χ3n) is 3.17. The van der Waals surface area contributed by atoms with Gasteiger partial charge in [0.15, 0.2) is 0 Å². The fourth-order valence-corrected chi connectivity index (χ4v) is 2.18. The van der Waals surface area contributed by atoms with Crippen LogP contribution < -0.4 is 11.5 Å². The fraction of sp³-hybridized carbons (Fsp3) is 0. The van der Waals surface area contributed by atoms with Crippen LogP contribution in [0.2, 0.25) is 0 Å². The van der Waals surface area contributed by atoms with Crippen molar-refractivity contribution in [3.8, 4) is 16.9 Å². The molecule has 0 saturated carbocycles. The van der Waals surface area contributed by atoms with E-state index in [-0.39, 0.29) is 17.2 Å². The first-order valence-corrected chi connectivity index (χ1v) is 5.98. The maximum Gasteiger partial charge on any atom is 0.286 e. The Kier molecular flexibility index (Phi) is 2.61. The van der Waals surface area contributed by atoms with Crippen LogP contribution >= 0.6 is 0 Å². The summed E-state index contributed by atoms with van der Waals surface area (Å²) < 4.78 is 5.38. The SMILES string of the molecule is NC(=O)c1oc2cc(-c3ccccc3O)ccc2c1N. The quantitative estimate of drug-likeness (QED) is 0.664. The highest BCUT2D eigenvalue weighted by Crippen LogP contribution is 2.34. The number of carbonyl (C=O) groups is 1. The Balaban J connectivity index is 2.21. The first-order valence-electron chi connectivity index (χ1n) is 5.98. The lowest BCUT2D eigenvalue weighted by Crippen LogP contribution is -2.11. The molecule has 100 valence electrons. The summed E-state index contributed by atoms with van der Waals surface area (Å²) in [5.41, 5.74) is 13.1. The minimum Gasteiger partial charge on any atom is -0.507 e. The normalized spacial score (nSPS) is 10.8. The first-order chi connectivity index (χ1) is 9.58. The molecule has 0 aliphatic rings. The number of aromatic hydroxyl groups is 1. The van der Waals surface area contributed by atoms with E-state index in [1.165, 1.54) is 0 Å². The Hall–Kier alpha value is -2.95. The molecule has 0 fully saturated rings. The average Bonchev–Trinajstić information content (AvgIpc) is 2.76. The van der Waals surface area contributed by atoms with Gasteiger partial charge in [-0.1, -0.05) is 24.3 Å². The number of phenolic OH excluding ortho intramolecular Hbond substituents is 1. The van der Waals surface area contributed by atoms with Crippen LogP contribution in [0.3, 0.4) is 0 Å². The van der Waals surface area contributed by atoms with Gasteiger partial charge < -0.3 is 21.0 Å². The van der Waals surface area contributed by atoms with Crippen molar-refractivity contribution in [3.05, 3.63) is 48.2 Å². The number of furan rings is 1. The van der Waals surface area contributed by atoms with Crippen LogP contribution in [0.15, 0.2) is 46.9 Å². The van der Waals surface area contributed by atoms with E-state index in [0.29, 0.717) is 16.5 Å². The average molecular weight is 268 g/mol. The number of hydrogen-bond acceptors (Lipinski definition) is 4. The van der Waals surface area contributed by atoms with Crippen LogP contribution in [-0.2, 0) is 0 Å². The predicted molar refractivity (Wildman–Crippen MR) is 76.2 cm³/mol. The standard InChI is InChI=1S/C15H12N2O3/c16-13-10-6-5-8(9-3-1-2-4-11(9)18)7-12(10)20-14(13)15(17)19/h1-7,18H,16H2,(H2,17,19). The molecular weight excluding hydrogens is 256 g/mol. The van der Waals surface area contributed by atoms with Gasteiger partial charge in [0, 0.05) is 10.9 Å². The van der Waals surface area contributed by atoms with Crippen LogP contribution in [0, 0.1) is 0 Å². The minimum absolute atomic E-state index is 0.0468. The number of benzene rings is 2. The summed E-state index contributed by atoms with van der Waals surface area (Å²) in [5.74, 6) is -0.584. The summed E-state index contributed by atoms with van der Waals surface area (Å²) in [6, 6.07) is 12.2. The molecule has 1 heterocycles. The number of amides is 1. The Bertz CT molecular complexity index is 821. The molecule has 0 bridgehead atoms. The van der Waals surface area contributed by atoms with Gasteiger partial charge in [-0.2, -0.15) is 0 Å². The lowest BCUT2D eigenvalue weighted by molar-refractivity contribution is 0.0977. The van der Waals surface area contributed by atoms with Crippen LogP contribution in [0.4, 0.5) is 5.69 Å². The van der Waals surface area contributed by atoms with Gasteiger partial charge in [0.25, 0.3) is 5.91 Å². The van der Waals surface area contributed by atoms with E-state index in [9.17, 15) is 9.90 Å². The highest BCUT2D eigenvalue weighted by atomic mass is 16.3. The second-order valence-corrected chi connectivity index (χ2v) is 4.44. The van der Waals surface area contributed by atoms with Gasteiger partial charge in [-0.05, 0) is 23.8 Å². The molecule has 0 aliphatic carbocycles. The molecule has 5 heteroatoms. The molecule has 5 N–H and O–H groups in total. The van der Waals surface area contributed by atoms with Crippen molar-refractivity contribution < 1.29 is 14.3 Å². The highest BCUT2D eigenvalue weighted by Gasteiger charge is 2.16. The summed E-state index contributed by atoms with van der Waals surface area (Å²) in [7, 11) is 0. The topological polar surface area (TPSA) is 102 Å². The van der Waals surface area contributed by atoms with Crippen LogP contribution in [0.5, 0.6) is 5.75 Å². The smallest absolute Gasteiger partial charge is 0.286 e. The zero-order valence-corrected chi connectivity index (χ0v) is 10.5. The van der Waals surface area contributed by atoms with E-state index in [2.05, 4.69) is 0 Å². The molecule has 1 aromatic heterocycles.